The molecule has 0 saturated heterocycles. The van der Waals surface area contributed by atoms with E-state index in [1.165, 1.54) is 131 Å². The summed E-state index contributed by atoms with van der Waals surface area (Å²) in [6, 6.07) is 12.7. The summed E-state index contributed by atoms with van der Waals surface area (Å²) in [5.74, 6) is -0.117. The SMILES string of the molecule is CCCCCCCCCCCCCCCCCC[N+]1=C(CCc2cc([N+](=O)[O-])ccc2[O-])C(C)(C)c2ccccc21. The van der Waals surface area contributed by atoms with Crippen LogP contribution in [0, 0.1) is 10.1 Å². The van der Waals surface area contributed by atoms with Gasteiger partial charge in [0.25, 0.3) is 5.69 Å². The van der Waals surface area contributed by atoms with E-state index < -0.39 is 4.92 Å². The van der Waals surface area contributed by atoms with Crippen LogP contribution in [-0.4, -0.2) is 21.8 Å². The van der Waals surface area contributed by atoms with Gasteiger partial charge in [-0.2, -0.15) is 4.58 Å². The standard InChI is InChI=1S/C36H54N2O3/c1-4-5-6-7-8-9-10-11-12-13-14-15-16-17-18-21-28-37-33-23-20-19-22-32(33)36(2,3)35(37)27-24-30-29-31(38(40)41)25-26-34(30)39/h19-20,22-23,25-26,29H,4-18,21,24,27-28H2,1-3H3. The lowest BCUT2D eigenvalue weighted by Crippen LogP contribution is -2.30. The Hall–Kier alpha value is -2.69. The fourth-order valence-corrected chi connectivity index (χ4v) is 6.52. The van der Waals surface area contributed by atoms with Crippen LogP contribution < -0.4 is 5.11 Å². The smallest absolute Gasteiger partial charge is 0.269 e. The molecule has 0 unspecified atom stereocenters. The van der Waals surface area contributed by atoms with E-state index >= 15 is 0 Å². The van der Waals surface area contributed by atoms with Gasteiger partial charge < -0.3 is 5.11 Å². The second-order valence-corrected chi connectivity index (χ2v) is 12.6. The predicted molar refractivity (Wildman–Crippen MR) is 170 cm³/mol. The topological polar surface area (TPSA) is 69.2 Å². The lowest BCUT2D eigenvalue weighted by Gasteiger charge is -2.19. The van der Waals surface area contributed by atoms with Gasteiger partial charge >= 0.3 is 0 Å². The zero-order valence-corrected chi connectivity index (χ0v) is 26.1. The lowest BCUT2D eigenvalue weighted by atomic mass is 9.79. The Morgan fingerprint density at radius 1 is 0.732 bits per heavy atom. The Labute approximate surface area is 249 Å². The molecule has 0 aliphatic carbocycles. The van der Waals surface area contributed by atoms with Crippen molar-refractivity contribution >= 4 is 17.1 Å². The van der Waals surface area contributed by atoms with Crippen LogP contribution in [0.25, 0.3) is 0 Å². The second-order valence-electron chi connectivity index (χ2n) is 12.6. The summed E-state index contributed by atoms with van der Waals surface area (Å²) < 4.78 is 2.47. The number of nitro benzene ring substituents is 1. The number of rotatable bonds is 21. The molecule has 5 heteroatoms. The molecule has 0 atom stereocenters. The zero-order valence-electron chi connectivity index (χ0n) is 26.1. The van der Waals surface area contributed by atoms with Crippen molar-refractivity contribution in [3.8, 4) is 5.75 Å². The van der Waals surface area contributed by atoms with Gasteiger partial charge in [0.15, 0.2) is 5.71 Å². The summed E-state index contributed by atoms with van der Waals surface area (Å²) in [6.45, 7) is 7.79. The van der Waals surface area contributed by atoms with Gasteiger partial charge in [-0.3, -0.25) is 10.1 Å². The monoisotopic (exact) mass is 562 g/mol. The number of nitrogens with zero attached hydrogens (tertiary/aromatic N) is 2. The minimum absolute atomic E-state index is 0.0106. The van der Waals surface area contributed by atoms with E-state index in [4.69, 9.17) is 0 Å². The predicted octanol–water partition coefficient (Wildman–Crippen LogP) is 9.94. The first kappa shape index (κ1) is 32.8. The van der Waals surface area contributed by atoms with E-state index in [2.05, 4.69) is 49.6 Å². The number of aryl methyl sites for hydroxylation is 1. The Morgan fingerprint density at radius 2 is 1.27 bits per heavy atom. The van der Waals surface area contributed by atoms with E-state index in [1.54, 1.807) is 0 Å². The zero-order chi connectivity index (χ0) is 29.5. The van der Waals surface area contributed by atoms with Crippen LogP contribution in [0.3, 0.4) is 0 Å². The van der Waals surface area contributed by atoms with E-state index in [0.29, 0.717) is 12.0 Å². The Balaban J connectivity index is 1.42. The maximum Gasteiger partial charge on any atom is 0.269 e. The van der Waals surface area contributed by atoms with Crippen molar-refractivity contribution in [2.75, 3.05) is 6.54 Å². The molecule has 5 nitrogen and oxygen atoms in total. The summed E-state index contributed by atoms with van der Waals surface area (Å²) in [7, 11) is 0. The van der Waals surface area contributed by atoms with Gasteiger partial charge in [0.05, 0.1) is 10.3 Å². The molecule has 0 spiro atoms. The van der Waals surface area contributed by atoms with Crippen LogP contribution in [0.5, 0.6) is 5.75 Å². The molecule has 0 amide bonds. The molecule has 41 heavy (non-hydrogen) atoms. The third kappa shape index (κ3) is 9.97. The van der Waals surface area contributed by atoms with Crippen molar-refractivity contribution in [1.82, 2.24) is 0 Å². The number of benzene rings is 2. The van der Waals surface area contributed by atoms with E-state index in [9.17, 15) is 15.2 Å². The summed E-state index contributed by atoms with van der Waals surface area (Å²) in [6.07, 6.45) is 23.0. The maximum atomic E-state index is 12.5. The first-order chi connectivity index (χ1) is 19.9. The van der Waals surface area contributed by atoms with Crippen LogP contribution in [0.1, 0.15) is 141 Å². The third-order valence-electron chi connectivity index (χ3n) is 9.04. The van der Waals surface area contributed by atoms with Crippen LogP contribution in [0.2, 0.25) is 0 Å². The minimum atomic E-state index is -0.422. The van der Waals surface area contributed by atoms with Gasteiger partial charge in [-0.15, -0.1) is 5.75 Å². The fourth-order valence-electron chi connectivity index (χ4n) is 6.52. The molecule has 3 rings (SSSR count). The summed E-state index contributed by atoms with van der Waals surface area (Å²) in [5.41, 5.74) is 4.30. The van der Waals surface area contributed by atoms with Crippen molar-refractivity contribution in [3.05, 3.63) is 63.7 Å². The Kier molecular flexibility index (Phi) is 13.9. The van der Waals surface area contributed by atoms with Crippen molar-refractivity contribution in [2.24, 2.45) is 0 Å². The highest BCUT2D eigenvalue weighted by molar-refractivity contribution is 5.95. The molecule has 1 heterocycles. The largest absolute Gasteiger partial charge is 0.872 e. The summed E-state index contributed by atoms with van der Waals surface area (Å²) in [4.78, 5) is 10.8. The highest BCUT2D eigenvalue weighted by Gasteiger charge is 2.44. The molecule has 1 aliphatic heterocycles. The number of hydrogen-bond donors (Lipinski definition) is 0. The second kappa shape index (κ2) is 17.3. The van der Waals surface area contributed by atoms with Gasteiger partial charge in [0.1, 0.15) is 6.54 Å². The van der Waals surface area contributed by atoms with E-state index in [0.717, 1.165) is 19.4 Å². The maximum absolute atomic E-state index is 12.5. The van der Waals surface area contributed by atoms with Crippen molar-refractivity contribution in [3.63, 3.8) is 0 Å². The highest BCUT2D eigenvalue weighted by atomic mass is 16.6. The quantitative estimate of drug-likeness (QED) is 0.0658. The van der Waals surface area contributed by atoms with Crippen molar-refractivity contribution < 1.29 is 14.6 Å². The number of nitro groups is 1. The first-order valence-corrected chi connectivity index (χ1v) is 16.5. The number of fused-ring (bicyclic) bond motifs is 1. The molecule has 0 fully saturated rings. The van der Waals surface area contributed by atoms with Gasteiger partial charge in [-0.25, -0.2) is 0 Å². The Bertz CT molecular complexity index is 1120. The average Bonchev–Trinajstić information content (AvgIpc) is 3.17. The number of para-hydroxylation sites is 1. The number of non-ortho nitro benzene ring substituents is 1. The molecule has 0 saturated carbocycles. The highest BCUT2D eigenvalue weighted by Crippen LogP contribution is 2.41. The van der Waals surface area contributed by atoms with Gasteiger partial charge in [0.2, 0.25) is 5.69 Å². The molecule has 1 aliphatic rings. The van der Waals surface area contributed by atoms with Gasteiger partial charge in [-0.1, -0.05) is 121 Å². The molecule has 226 valence electrons. The summed E-state index contributed by atoms with van der Waals surface area (Å²) >= 11 is 0. The van der Waals surface area contributed by atoms with Crippen molar-refractivity contribution in [2.45, 2.75) is 142 Å². The van der Waals surface area contributed by atoms with Crippen molar-refractivity contribution in [1.29, 1.82) is 0 Å². The van der Waals surface area contributed by atoms with Crippen LogP contribution in [-0.2, 0) is 11.8 Å². The van der Waals surface area contributed by atoms with E-state index in [1.807, 2.05) is 0 Å². The first-order valence-electron chi connectivity index (χ1n) is 16.5. The molecule has 0 radical (unpaired) electrons. The number of hydrogen-bond acceptors (Lipinski definition) is 3. The van der Waals surface area contributed by atoms with Crippen LogP contribution in [0.4, 0.5) is 11.4 Å². The van der Waals surface area contributed by atoms with Gasteiger partial charge in [-0.05, 0) is 32.3 Å². The molecule has 2 aromatic carbocycles. The Morgan fingerprint density at radius 3 is 1.83 bits per heavy atom. The normalized spacial score (nSPS) is 14.0. The molecule has 0 aromatic heterocycles. The minimum Gasteiger partial charge on any atom is -0.872 e. The van der Waals surface area contributed by atoms with Gasteiger partial charge in [0, 0.05) is 36.6 Å². The summed E-state index contributed by atoms with van der Waals surface area (Å²) in [5, 5.41) is 23.7. The molecule has 0 N–H and O–H groups in total. The average molecular weight is 563 g/mol. The third-order valence-corrected chi connectivity index (χ3v) is 9.04. The lowest BCUT2D eigenvalue weighted by molar-refractivity contribution is -0.440. The molecule has 0 bridgehead atoms. The van der Waals surface area contributed by atoms with Crippen LogP contribution in [0.15, 0.2) is 42.5 Å². The molecule has 2 aromatic rings. The fraction of sp³-hybridized carbons (Fsp3) is 0.639. The van der Waals surface area contributed by atoms with Crippen LogP contribution >= 0.6 is 0 Å². The number of unbranched alkanes of at least 4 members (excludes halogenated alkanes) is 15. The van der Waals surface area contributed by atoms with E-state index in [-0.39, 0.29) is 16.9 Å². The molecular weight excluding hydrogens is 508 g/mol. The molecular formula is C36H54N2O3.